The van der Waals surface area contributed by atoms with Gasteiger partial charge in [0.25, 0.3) is 5.56 Å². The number of rotatable bonds is 6. The van der Waals surface area contributed by atoms with E-state index < -0.39 is 0 Å². The van der Waals surface area contributed by atoms with Crippen molar-refractivity contribution in [3.63, 3.8) is 0 Å². The van der Waals surface area contributed by atoms with Crippen LogP contribution in [0.5, 0.6) is 5.75 Å². The van der Waals surface area contributed by atoms with Crippen molar-refractivity contribution in [1.82, 2.24) is 14.9 Å². The molecule has 1 amide bonds. The van der Waals surface area contributed by atoms with E-state index in [1.807, 2.05) is 42.5 Å². The Labute approximate surface area is 203 Å². The second-order valence-corrected chi connectivity index (χ2v) is 11.2. The Bertz CT molecular complexity index is 1280. The van der Waals surface area contributed by atoms with Crippen LogP contribution in [0.25, 0.3) is 16.6 Å². The van der Waals surface area contributed by atoms with Gasteiger partial charge in [-0.05, 0) is 80.5 Å². The Morgan fingerprint density at radius 3 is 2.41 bits per heavy atom. The highest BCUT2D eigenvalue weighted by Crippen LogP contribution is 2.55. The average Bonchev–Trinajstić information content (AvgIpc) is 2.82. The summed E-state index contributed by atoms with van der Waals surface area (Å²) in [7, 11) is 1.59. The van der Waals surface area contributed by atoms with E-state index in [9.17, 15) is 9.59 Å². The molecule has 0 saturated heterocycles. The van der Waals surface area contributed by atoms with Gasteiger partial charge in [0, 0.05) is 5.54 Å². The normalized spacial score (nSPS) is 27.1. The zero-order valence-corrected chi connectivity index (χ0v) is 20.1. The van der Waals surface area contributed by atoms with Gasteiger partial charge < -0.3 is 10.1 Å². The maximum atomic E-state index is 13.5. The highest BCUT2D eigenvalue weighted by molar-refractivity contribution is 7.99. The van der Waals surface area contributed by atoms with Gasteiger partial charge >= 0.3 is 0 Å². The molecule has 176 valence electrons. The lowest BCUT2D eigenvalue weighted by Crippen LogP contribution is -2.60. The highest BCUT2D eigenvalue weighted by atomic mass is 32.2. The summed E-state index contributed by atoms with van der Waals surface area (Å²) in [6.07, 6.45) is 7.39. The van der Waals surface area contributed by atoms with Crippen molar-refractivity contribution in [2.24, 2.45) is 17.8 Å². The molecule has 3 aromatic rings. The van der Waals surface area contributed by atoms with Crippen LogP contribution in [0.4, 0.5) is 0 Å². The fraction of sp³-hybridized carbons (Fsp3) is 0.444. The van der Waals surface area contributed by atoms with Crippen molar-refractivity contribution in [2.45, 2.75) is 49.2 Å². The Hall–Kier alpha value is -2.80. The molecule has 6 nitrogen and oxygen atoms in total. The molecular weight excluding hydrogens is 446 g/mol. The second-order valence-electron chi connectivity index (χ2n) is 10.3. The lowest BCUT2D eigenvalue weighted by atomic mass is 9.53. The second kappa shape index (κ2) is 8.45. The number of nitrogens with one attached hydrogen (secondary N) is 1. The Balaban J connectivity index is 1.30. The fourth-order valence-electron chi connectivity index (χ4n) is 6.96. The molecule has 1 aromatic heterocycles. The molecule has 4 fully saturated rings. The maximum absolute atomic E-state index is 13.5. The summed E-state index contributed by atoms with van der Waals surface area (Å²) < 4.78 is 7.10. The number of benzene rings is 2. The number of para-hydroxylation sites is 3. The van der Waals surface area contributed by atoms with Gasteiger partial charge in [-0.3, -0.25) is 14.2 Å². The summed E-state index contributed by atoms with van der Waals surface area (Å²) in [5.41, 5.74) is 1.06. The number of carbonyl (C=O) groups excluding carboxylic acids is 1. The minimum absolute atomic E-state index is 0.0223. The number of ether oxygens (including phenoxy) is 1. The first kappa shape index (κ1) is 21.7. The molecule has 0 aliphatic heterocycles. The van der Waals surface area contributed by atoms with E-state index in [1.54, 1.807) is 17.7 Å². The molecule has 0 unspecified atom stereocenters. The van der Waals surface area contributed by atoms with Gasteiger partial charge in [-0.1, -0.05) is 36.0 Å². The molecule has 34 heavy (non-hydrogen) atoms. The molecule has 4 aliphatic carbocycles. The van der Waals surface area contributed by atoms with Gasteiger partial charge in [-0.2, -0.15) is 0 Å². The van der Waals surface area contributed by atoms with Gasteiger partial charge in [0.05, 0.1) is 29.5 Å². The molecule has 0 spiro atoms. The standard InChI is InChI=1S/C27H29N3O3S/c1-33-23-9-5-4-8-22(23)30-25(32)20-6-2-3-7-21(20)28-26(30)34-16-24(31)29-27-13-17-10-18(14-27)12-19(11-17)15-27/h2-9,17-19H,10-16H2,1H3,(H,29,31). The number of nitrogens with zero attached hydrogens (tertiary/aromatic N) is 2. The highest BCUT2D eigenvalue weighted by Gasteiger charge is 2.51. The number of aromatic nitrogens is 2. The van der Waals surface area contributed by atoms with Crippen molar-refractivity contribution in [3.8, 4) is 11.4 Å². The Kier molecular flexibility index (Phi) is 5.40. The third-order valence-corrected chi connectivity index (χ3v) is 8.78. The van der Waals surface area contributed by atoms with Crippen LogP contribution in [0, 0.1) is 17.8 Å². The minimum atomic E-state index is -0.168. The predicted octanol–water partition coefficient (Wildman–Crippen LogP) is 4.57. The first-order chi connectivity index (χ1) is 16.5. The first-order valence-electron chi connectivity index (χ1n) is 12.1. The summed E-state index contributed by atoms with van der Waals surface area (Å²) in [4.78, 5) is 31.4. The number of hydrogen-bond donors (Lipinski definition) is 1. The van der Waals surface area contributed by atoms with Crippen LogP contribution in [-0.4, -0.2) is 33.9 Å². The van der Waals surface area contributed by atoms with Crippen molar-refractivity contribution in [3.05, 3.63) is 58.9 Å². The van der Waals surface area contributed by atoms with Gasteiger partial charge in [-0.15, -0.1) is 0 Å². The van der Waals surface area contributed by atoms with E-state index >= 15 is 0 Å². The van der Waals surface area contributed by atoms with Crippen molar-refractivity contribution < 1.29 is 9.53 Å². The Morgan fingerprint density at radius 1 is 1.06 bits per heavy atom. The molecule has 7 heteroatoms. The molecule has 4 aliphatic rings. The average molecular weight is 476 g/mol. The van der Waals surface area contributed by atoms with Crippen LogP contribution in [0.2, 0.25) is 0 Å². The third kappa shape index (κ3) is 3.80. The molecule has 4 saturated carbocycles. The Morgan fingerprint density at radius 2 is 1.71 bits per heavy atom. The number of hydrogen-bond acceptors (Lipinski definition) is 5. The van der Waals surface area contributed by atoms with Crippen LogP contribution < -0.4 is 15.6 Å². The van der Waals surface area contributed by atoms with Gasteiger partial charge in [0.15, 0.2) is 5.16 Å². The van der Waals surface area contributed by atoms with Crippen molar-refractivity contribution in [2.75, 3.05) is 12.9 Å². The number of fused-ring (bicyclic) bond motifs is 1. The molecular formula is C27H29N3O3S. The molecule has 4 bridgehead atoms. The first-order valence-corrected chi connectivity index (χ1v) is 13.1. The molecule has 7 rings (SSSR count). The monoisotopic (exact) mass is 475 g/mol. The van der Waals surface area contributed by atoms with E-state index in [-0.39, 0.29) is 22.8 Å². The molecule has 1 heterocycles. The number of carbonyl (C=O) groups is 1. The van der Waals surface area contributed by atoms with Gasteiger partial charge in [0.2, 0.25) is 5.91 Å². The van der Waals surface area contributed by atoms with E-state index in [2.05, 4.69) is 5.32 Å². The molecule has 0 radical (unpaired) electrons. The number of thioether (sulfide) groups is 1. The van der Waals surface area contributed by atoms with E-state index in [0.29, 0.717) is 27.5 Å². The van der Waals surface area contributed by atoms with Crippen LogP contribution in [0.15, 0.2) is 58.5 Å². The summed E-state index contributed by atoms with van der Waals surface area (Å²) in [5, 5.41) is 4.46. The van der Waals surface area contributed by atoms with Gasteiger partial charge in [0.1, 0.15) is 5.75 Å². The predicted molar refractivity (Wildman–Crippen MR) is 134 cm³/mol. The van der Waals surface area contributed by atoms with Crippen LogP contribution in [0.3, 0.4) is 0 Å². The minimum Gasteiger partial charge on any atom is -0.495 e. The van der Waals surface area contributed by atoms with Crippen LogP contribution >= 0.6 is 11.8 Å². The SMILES string of the molecule is COc1ccccc1-n1c(SCC(=O)NC23CC4CC(CC(C4)C2)C3)nc2ccccc2c1=O. The molecule has 1 N–H and O–H groups in total. The van der Waals surface area contributed by atoms with Crippen molar-refractivity contribution >= 4 is 28.6 Å². The summed E-state index contributed by atoms with van der Waals surface area (Å²) >= 11 is 1.31. The van der Waals surface area contributed by atoms with Crippen LogP contribution in [-0.2, 0) is 4.79 Å². The zero-order valence-electron chi connectivity index (χ0n) is 19.3. The largest absolute Gasteiger partial charge is 0.495 e. The van der Waals surface area contributed by atoms with E-state index in [0.717, 1.165) is 37.0 Å². The van der Waals surface area contributed by atoms with Crippen LogP contribution in [0.1, 0.15) is 38.5 Å². The quantitative estimate of drug-likeness (QED) is 0.418. The lowest BCUT2D eigenvalue weighted by molar-refractivity contribution is -0.124. The fourth-order valence-corrected chi connectivity index (χ4v) is 7.77. The lowest BCUT2D eigenvalue weighted by Gasteiger charge is -2.56. The zero-order chi connectivity index (χ0) is 23.3. The van der Waals surface area contributed by atoms with E-state index in [4.69, 9.17) is 9.72 Å². The van der Waals surface area contributed by atoms with E-state index in [1.165, 1.54) is 31.0 Å². The summed E-state index contributed by atoms with van der Waals surface area (Å²) in [6, 6.07) is 14.7. The summed E-state index contributed by atoms with van der Waals surface area (Å²) in [6.45, 7) is 0. The van der Waals surface area contributed by atoms with Crippen molar-refractivity contribution in [1.29, 1.82) is 0 Å². The maximum Gasteiger partial charge on any atom is 0.266 e. The smallest absolute Gasteiger partial charge is 0.266 e. The molecule has 0 atom stereocenters. The number of amides is 1. The summed E-state index contributed by atoms with van der Waals surface area (Å²) in [5.74, 6) is 3.16. The van der Waals surface area contributed by atoms with Gasteiger partial charge in [-0.25, -0.2) is 4.98 Å². The molecule has 2 aromatic carbocycles. The number of methoxy groups -OCH3 is 1. The topological polar surface area (TPSA) is 73.2 Å². The third-order valence-electron chi connectivity index (χ3n) is 7.85.